The molecule has 7 nitrogen and oxygen atoms in total. The van der Waals surface area contributed by atoms with E-state index in [0.29, 0.717) is 12.1 Å². The van der Waals surface area contributed by atoms with Gasteiger partial charge in [-0.05, 0) is 18.6 Å². The van der Waals surface area contributed by atoms with E-state index in [0.717, 1.165) is 26.3 Å². The molecule has 1 fully saturated rings. The smallest absolute Gasteiger partial charge is 0.270 e. The molecule has 0 radical (unpaired) electrons. The van der Waals surface area contributed by atoms with Crippen LogP contribution in [-0.2, 0) is 9.53 Å². The van der Waals surface area contributed by atoms with Gasteiger partial charge in [0.2, 0.25) is 5.91 Å². The first kappa shape index (κ1) is 17.1. The molecule has 0 spiro atoms. The lowest BCUT2D eigenvalue weighted by Gasteiger charge is -2.32. The molecular formula is C16H21N3O4. The second-order valence-electron chi connectivity index (χ2n) is 5.43. The third kappa shape index (κ3) is 5.46. The third-order valence-corrected chi connectivity index (χ3v) is 3.75. The summed E-state index contributed by atoms with van der Waals surface area (Å²) in [4.78, 5) is 24.4. The molecular weight excluding hydrogens is 298 g/mol. The van der Waals surface area contributed by atoms with Crippen molar-refractivity contribution in [3.63, 3.8) is 0 Å². The van der Waals surface area contributed by atoms with Gasteiger partial charge < -0.3 is 10.1 Å². The highest BCUT2D eigenvalue weighted by atomic mass is 16.6. The highest BCUT2D eigenvalue weighted by Crippen LogP contribution is 2.14. The first-order chi connectivity index (χ1) is 11.1. The van der Waals surface area contributed by atoms with Crippen molar-refractivity contribution in [3.8, 4) is 0 Å². The number of nitro groups is 1. The van der Waals surface area contributed by atoms with E-state index in [9.17, 15) is 14.9 Å². The zero-order chi connectivity index (χ0) is 16.7. The van der Waals surface area contributed by atoms with Crippen molar-refractivity contribution in [3.05, 3.63) is 46.0 Å². The molecule has 1 aromatic rings. The first-order valence-corrected chi connectivity index (χ1v) is 7.58. The van der Waals surface area contributed by atoms with E-state index in [1.165, 1.54) is 18.2 Å². The summed E-state index contributed by atoms with van der Waals surface area (Å²) in [7, 11) is 0. The van der Waals surface area contributed by atoms with Gasteiger partial charge in [-0.2, -0.15) is 0 Å². The highest BCUT2D eigenvalue weighted by molar-refractivity contribution is 5.91. The fourth-order valence-electron chi connectivity index (χ4n) is 2.37. The minimum atomic E-state index is -0.457. The second kappa shape index (κ2) is 8.40. The van der Waals surface area contributed by atoms with E-state index < -0.39 is 4.92 Å². The van der Waals surface area contributed by atoms with Gasteiger partial charge >= 0.3 is 0 Å². The van der Waals surface area contributed by atoms with Crippen molar-refractivity contribution in [1.29, 1.82) is 0 Å². The average molecular weight is 319 g/mol. The Morgan fingerprint density at radius 1 is 1.48 bits per heavy atom. The number of amides is 1. The molecule has 0 bridgehead atoms. The summed E-state index contributed by atoms with van der Waals surface area (Å²) in [6.45, 7) is 5.82. The quantitative estimate of drug-likeness (QED) is 0.487. The van der Waals surface area contributed by atoms with Crippen LogP contribution in [0.15, 0.2) is 30.3 Å². The molecule has 1 aliphatic heterocycles. The van der Waals surface area contributed by atoms with Crippen molar-refractivity contribution in [2.75, 3.05) is 32.8 Å². The Labute approximate surface area is 135 Å². The summed E-state index contributed by atoms with van der Waals surface area (Å²) in [5.74, 6) is -0.211. The summed E-state index contributed by atoms with van der Waals surface area (Å²) < 4.78 is 5.30. The largest absolute Gasteiger partial charge is 0.379 e. The second-order valence-corrected chi connectivity index (χ2v) is 5.43. The third-order valence-electron chi connectivity index (χ3n) is 3.75. The molecule has 0 saturated carbocycles. The van der Waals surface area contributed by atoms with Gasteiger partial charge in [0.05, 0.1) is 18.1 Å². The van der Waals surface area contributed by atoms with Crippen LogP contribution in [-0.4, -0.2) is 54.6 Å². The Morgan fingerprint density at radius 2 is 2.22 bits per heavy atom. The van der Waals surface area contributed by atoms with Crippen LogP contribution in [0.3, 0.4) is 0 Å². The Kier molecular flexibility index (Phi) is 6.25. The van der Waals surface area contributed by atoms with E-state index in [2.05, 4.69) is 17.1 Å². The van der Waals surface area contributed by atoms with Crippen molar-refractivity contribution in [2.24, 2.45) is 0 Å². The predicted octanol–water partition coefficient (Wildman–Crippen LogP) is 1.44. The molecule has 1 amide bonds. The average Bonchev–Trinajstić information content (AvgIpc) is 2.58. The SMILES string of the molecule is CC(CNC(=O)/C=C/c1cccc([N+](=O)[O-])c1)N1CCOCC1. The molecule has 2 rings (SSSR count). The van der Waals surface area contributed by atoms with Crippen molar-refractivity contribution in [2.45, 2.75) is 13.0 Å². The molecule has 23 heavy (non-hydrogen) atoms. The Balaban J connectivity index is 1.82. The monoisotopic (exact) mass is 319 g/mol. The summed E-state index contributed by atoms with van der Waals surface area (Å²) in [6, 6.07) is 6.40. The van der Waals surface area contributed by atoms with Gasteiger partial charge in [-0.3, -0.25) is 19.8 Å². The molecule has 124 valence electrons. The summed E-state index contributed by atoms with van der Waals surface area (Å²) in [5, 5.41) is 13.6. The lowest BCUT2D eigenvalue weighted by molar-refractivity contribution is -0.384. The number of non-ortho nitro benzene ring substituents is 1. The summed E-state index contributed by atoms with van der Waals surface area (Å²) in [6.07, 6.45) is 2.97. The van der Waals surface area contributed by atoms with Crippen LogP contribution in [0.2, 0.25) is 0 Å². The van der Waals surface area contributed by atoms with E-state index in [1.54, 1.807) is 18.2 Å². The van der Waals surface area contributed by atoms with Crippen molar-refractivity contribution >= 4 is 17.7 Å². The topological polar surface area (TPSA) is 84.7 Å². The molecule has 1 unspecified atom stereocenters. The van der Waals surface area contributed by atoms with Crippen molar-refractivity contribution < 1.29 is 14.5 Å². The number of rotatable bonds is 6. The Hall–Kier alpha value is -2.25. The highest BCUT2D eigenvalue weighted by Gasteiger charge is 2.16. The summed E-state index contributed by atoms with van der Waals surface area (Å²) in [5.41, 5.74) is 0.629. The van der Waals surface area contributed by atoms with Crippen LogP contribution < -0.4 is 5.32 Å². The van der Waals surface area contributed by atoms with Crippen LogP contribution in [0.4, 0.5) is 5.69 Å². The minimum Gasteiger partial charge on any atom is -0.379 e. The molecule has 1 N–H and O–H groups in total. The zero-order valence-electron chi connectivity index (χ0n) is 13.1. The van der Waals surface area contributed by atoms with Gasteiger partial charge in [-0.1, -0.05) is 12.1 Å². The fourth-order valence-corrected chi connectivity index (χ4v) is 2.37. The van der Waals surface area contributed by atoms with Gasteiger partial charge in [0.15, 0.2) is 0 Å². The standard InChI is InChI=1S/C16H21N3O4/c1-13(18-7-9-23-10-8-18)12-17-16(20)6-5-14-3-2-4-15(11-14)19(21)22/h2-6,11,13H,7-10,12H2,1H3,(H,17,20)/b6-5+. The molecule has 1 aliphatic rings. The number of carbonyl (C=O) groups excluding carboxylic acids is 1. The van der Waals surface area contributed by atoms with Crippen LogP contribution in [0.5, 0.6) is 0 Å². The van der Waals surface area contributed by atoms with Gasteiger partial charge in [0, 0.05) is 43.9 Å². The summed E-state index contributed by atoms with van der Waals surface area (Å²) >= 11 is 0. The molecule has 7 heteroatoms. The Bertz CT molecular complexity index is 582. The maximum Gasteiger partial charge on any atom is 0.270 e. The van der Waals surface area contributed by atoms with Crippen LogP contribution in [0.25, 0.3) is 6.08 Å². The van der Waals surface area contributed by atoms with Crippen molar-refractivity contribution in [1.82, 2.24) is 10.2 Å². The molecule has 0 aromatic heterocycles. The molecule has 0 aliphatic carbocycles. The number of benzene rings is 1. The fraction of sp³-hybridized carbons (Fsp3) is 0.438. The maximum atomic E-state index is 11.8. The lowest BCUT2D eigenvalue weighted by Crippen LogP contribution is -2.47. The van der Waals surface area contributed by atoms with Gasteiger partial charge in [-0.15, -0.1) is 0 Å². The molecule has 1 saturated heterocycles. The van der Waals surface area contributed by atoms with Crippen LogP contribution in [0.1, 0.15) is 12.5 Å². The van der Waals surface area contributed by atoms with Crippen LogP contribution >= 0.6 is 0 Å². The van der Waals surface area contributed by atoms with Gasteiger partial charge in [0.25, 0.3) is 5.69 Å². The van der Waals surface area contributed by atoms with Gasteiger partial charge in [-0.25, -0.2) is 0 Å². The lowest BCUT2D eigenvalue weighted by atomic mass is 10.2. The molecule has 1 aromatic carbocycles. The predicted molar refractivity (Wildman–Crippen MR) is 87.0 cm³/mol. The number of carbonyl (C=O) groups is 1. The number of nitrogens with zero attached hydrogens (tertiary/aromatic N) is 2. The van der Waals surface area contributed by atoms with E-state index in [-0.39, 0.29) is 17.6 Å². The maximum absolute atomic E-state index is 11.8. The molecule has 1 atom stereocenters. The number of hydrogen-bond donors (Lipinski definition) is 1. The van der Waals surface area contributed by atoms with Crippen LogP contribution in [0, 0.1) is 10.1 Å². The minimum absolute atomic E-state index is 0.00787. The van der Waals surface area contributed by atoms with Gasteiger partial charge in [0.1, 0.15) is 0 Å². The number of hydrogen-bond acceptors (Lipinski definition) is 5. The van der Waals surface area contributed by atoms with E-state index in [4.69, 9.17) is 4.74 Å². The number of ether oxygens (including phenoxy) is 1. The van der Waals surface area contributed by atoms with E-state index >= 15 is 0 Å². The zero-order valence-corrected chi connectivity index (χ0v) is 13.1. The number of morpholine rings is 1. The number of nitro benzene ring substituents is 1. The normalized spacial score (nSPS) is 17.1. The first-order valence-electron chi connectivity index (χ1n) is 7.58. The Morgan fingerprint density at radius 3 is 2.91 bits per heavy atom. The van der Waals surface area contributed by atoms with E-state index in [1.807, 2.05) is 0 Å². The number of nitrogens with one attached hydrogen (secondary N) is 1. The molecule has 1 heterocycles.